The molecule has 271 valence electrons. The standard InChI is InChI=1S/C29H24N3O.C17H22GeN.Ir/c1-17(2)32-24-12-8-9-19(4)26(24)31-28(32)22-14-13-18(3)25-21-15-16-23(20-10-6-5-7-11-20)30-29(21)33-27(22)25;1-13(2)15-11-17(14-9-7-6-8-10-14)19-12-16(15)18(3,4)5;/h5-13,15-17H,1-4H3;6-9,11-13H,1-5H3;/q2*-1;. The van der Waals surface area contributed by atoms with Crippen LogP contribution in [0.4, 0.5) is 0 Å². The molecule has 4 aromatic carbocycles. The SMILES string of the molecule is CC(C)c1cc(-c2[c-]cccc2)nc[c]1[Ge]([CH3])([CH3])[CH3].Cc1cccc2c1nc(-c1[c-]cc(C)c3c1oc1nc(-c4ccccc4)ccc13)n2C(C)C.[Ir]. The summed E-state index contributed by atoms with van der Waals surface area (Å²) in [5.41, 5.74) is 12.3. The van der Waals surface area contributed by atoms with Gasteiger partial charge in [0.1, 0.15) is 0 Å². The summed E-state index contributed by atoms with van der Waals surface area (Å²) in [6.07, 6.45) is 2.12. The first-order chi connectivity index (χ1) is 24.9. The molecule has 0 bridgehead atoms. The van der Waals surface area contributed by atoms with E-state index in [1.807, 2.05) is 42.5 Å². The van der Waals surface area contributed by atoms with Crippen molar-refractivity contribution in [3.05, 3.63) is 132 Å². The van der Waals surface area contributed by atoms with E-state index >= 15 is 0 Å². The Balaban J connectivity index is 0.000000206. The summed E-state index contributed by atoms with van der Waals surface area (Å²) in [4.78, 5) is 14.6. The van der Waals surface area contributed by atoms with Crippen molar-refractivity contribution in [2.45, 2.75) is 70.8 Å². The first kappa shape index (κ1) is 38.4. The minimum absolute atomic E-state index is 0. The summed E-state index contributed by atoms with van der Waals surface area (Å²) in [5, 5.41) is 2.09. The Hall–Kier alpha value is -4.36. The van der Waals surface area contributed by atoms with Crippen molar-refractivity contribution in [1.29, 1.82) is 0 Å². The van der Waals surface area contributed by atoms with E-state index in [4.69, 9.17) is 14.4 Å². The Bertz CT molecular complexity index is 2530. The van der Waals surface area contributed by atoms with Crippen molar-refractivity contribution in [3.8, 4) is 33.9 Å². The fourth-order valence-corrected chi connectivity index (χ4v) is 10.6. The monoisotopic (exact) mass is 937 g/mol. The molecule has 4 heterocycles. The van der Waals surface area contributed by atoms with E-state index in [9.17, 15) is 0 Å². The van der Waals surface area contributed by atoms with E-state index < -0.39 is 13.3 Å². The maximum Gasteiger partial charge on any atom is 0.216 e. The van der Waals surface area contributed by atoms with Crippen molar-refractivity contribution in [2.75, 3.05) is 0 Å². The fraction of sp³-hybridized carbons (Fsp3) is 0.239. The molecule has 0 aliphatic heterocycles. The van der Waals surface area contributed by atoms with E-state index in [0.717, 1.165) is 72.4 Å². The number of para-hydroxylation sites is 1. The number of furan rings is 1. The quantitative estimate of drug-likeness (QED) is 0.123. The summed E-state index contributed by atoms with van der Waals surface area (Å²) >= 11 is -1.85. The molecule has 0 aliphatic carbocycles. The number of rotatable bonds is 6. The van der Waals surface area contributed by atoms with Gasteiger partial charge in [0.2, 0.25) is 5.71 Å². The summed E-state index contributed by atoms with van der Waals surface area (Å²) in [5.74, 6) is 8.71. The molecule has 0 aliphatic rings. The van der Waals surface area contributed by atoms with Crippen LogP contribution in [0.25, 0.3) is 67.0 Å². The molecule has 0 unspecified atom stereocenters. The maximum absolute atomic E-state index is 6.45. The van der Waals surface area contributed by atoms with Crippen LogP contribution in [0, 0.1) is 26.0 Å². The summed E-state index contributed by atoms with van der Waals surface area (Å²) in [7, 11) is 0. The van der Waals surface area contributed by atoms with Gasteiger partial charge >= 0.3 is 119 Å². The number of imidazole rings is 1. The molecule has 5 nitrogen and oxygen atoms in total. The molecule has 53 heavy (non-hydrogen) atoms. The first-order valence-corrected chi connectivity index (χ1v) is 25.5. The molecular formula is C46H46GeIrN4O-2. The molecule has 7 heteroatoms. The molecule has 0 amide bonds. The molecule has 0 fully saturated rings. The van der Waals surface area contributed by atoms with Gasteiger partial charge in [0.15, 0.2) is 0 Å². The van der Waals surface area contributed by atoms with Gasteiger partial charge in [-0.1, -0.05) is 60.3 Å². The zero-order valence-corrected chi connectivity index (χ0v) is 36.5. The molecule has 0 atom stereocenters. The van der Waals surface area contributed by atoms with Crippen molar-refractivity contribution in [3.63, 3.8) is 0 Å². The minimum Gasteiger partial charge on any atom is -0.486 e. The number of hydrogen-bond donors (Lipinski definition) is 0. The average Bonchev–Trinajstić information content (AvgIpc) is 3.73. The van der Waals surface area contributed by atoms with Crippen molar-refractivity contribution in [2.24, 2.45) is 0 Å². The third kappa shape index (κ3) is 7.55. The topological polar surface area (TPSA) is 56.7 Å². The zero-order chi connectivity index (χ0) is 36.7. The Labute approximate surface area is 329 Å². The van der Waals surface area contributed by atoms with Gasteiger partial charge in [-0.2, -0.15) is 0 Å². The second-order valence-corrected chi connectivity index (χ2v) is 25.8. The van der Waals surface area contributed by atoms with Gasteiger partial charge in [0.05, 0.1) is 28.1 Å². The van der Waals surface area contributed by atoms with Gasteiger partial charge in [-0.3, -0.25) is 4.98 Å². The van der Waals surface area contributed by atoms with Crippen LogP contribution in [0.2, 0.25) is 17.3 Å². The van der Waals surface area contributed by atoms with Crippen LogP contribution in [0.5, 0.6) is 0 Å². The van der Waals surface area contributed by atoms with Gasteiger partial charge in [-0.25, -0.2) is 4.98 Å². The van der Waals surface area contributed by atoms with E-state index in [0.29, 0.717) is 11.6 Å². The smallest absolute Gasteiger partial charge is 0.216 e. The molecule has 0 saturated heterocycles. The summed E-state index contributed by atoms with van der Waals surface area (Å²) in [6.45, 7) is 13.1. The Kier molecular flexibility index (Phi) is 11.3. The molecule has 1 radical (unpaired) electrons. The van der Waals surface area contributed by atoms with Gasteiger partial charge in [0, 0.05) is 37.1 Å². The van der Waals surface area contributed by atoms with E-state index in [1.165, 1.54) is 9.96 Å². The van der Waals surface area contributed by atoms with Crippen LogP contribution < -0.4 is 4.40 Å². The van der Waals surface area contributed by atoms with E-state index in [2.05, 4.69) is 141 Å². The molecule has 8 rings (SSSR count). The predicted octanol–water partition coefficient (Wildman–Crippen LogP) is 11.9. The summed E-state index contributed by atoms with van der Waals surface area (Å²) < 4.78 is 10.2. The molecule has 0 saturated carbocycles. The Morgan fingerprint density at radius 3 is 2.21 bits per heavy atom. The number of aryl methyl sites for hydroxylation is 2. The average molecular weight is 936 g/mol. The van der Waals surface area contributed by atoms with Gasteiger partial charge < -0.3 is 8.98 Å². The second kappa shape index (κ2) is 15.5. The molecule has 4 aromatic heterocycles. The van der Waals surface area contributed by atoms with Crippen molar-refractivity contribution < 1.29 is 24.5 Å². The third-order valence-electron chi connectivity index (χ3n) is 9.69. The van der Waals surface area contributed by atoms with Crippen LogP contribution in [0.15, 0.2) is 108 Å². The Morgan fingerprint density at radius 2 is 1.53 bits per heavy atom. The number of nitrogens with zero attached hydrogens (tertiary/aromatic N) is 4. The van der Waals surface area contributed by atoms with E-state index in [1.54, 1.807) is 0 Å². The number of fused-ring (bicyclic) bond motifs is 4. The van der Waals surface area contributed by atoms with Crippen molar-refractivity contribution >= 4 is 50.8 Å². The molecule has 0 spiro atoms. The van der Waals surface area contributed by atoms with E-state index in [-0.39, 0.29) is 26.1 Å². The third-order valence-corrected chi connectivity index (χ3v) is 14.0. The van der Waals surface area contributed by atoms with Gasteiger partial charge in [0.25, 0.3) is 0 Å². The largest absolute Gasteiger partial charge is 0.486 e. The first-order valence-electron chi connectivity index (χ1n) is 18.2. The normalized spacial score (nSPS) is 11.7. The second-order valence-electron chi connectivity index (χ2n) is 15.2. The number of aromatic nitrogens is 4. The molecule has 0 N–H and O–H groups in total. The maximum atomic E-state index is 6.45. The van der Waals surface area contributed by atoms with Gasteiger partial charge in [-0.05, 0) is 44.5 Å². The Morgan fingerprint density at radius 1 is 0.774 bits per heavy atom. The zero-order valence-electron chi connectivity index (χ0n) is 32.0. The van der Waals surface area contributed by atoms with Crippen molar-refractivity contribution in [1.82, 2.24) is 19.5 Å². The van der Waals surface area contributed by atoms with Crippen LogP contribution in [-0.2, 0) is 20.1 Å². The number of benzene rings is 4. The van der Waals surface area contributed by atoms with Crippen LogP contribution in [-0.4, -0.2) is 32.8 Å². The predicted molar refractivity (Wildman–Crippen MR) is 220 cm³/mol. The van der Waals surface area contributed by atoms with Crippen LogP contribution in [0.3, 0.4) is 0 Å². The summed E-state index contributed by atoms with van der Waals surface area (Å²) in [6, 6.07) is 40.0. The molecule has 8 aromatic rings. The van der Waals surface area contributed by atoms with Crippen LogP contribution >= 0.6 is 0 Å². The fourth-order valence-electron chi connectivity index (χ4n) is 7.03. The van der Waals surface area contributed by atoms with Crippen LogP contribution in [0.1, 0.15) is 56.3 Å². The number of hydrogen-bond acceptors (Lipinski definition) is 4. The molecular weight excluding hydrogens is 889 g/mol. The minimum atomic E-state index is -1.85. The van der Waals surface area contributed by atoms with Gasteiger partial charge in [-0.15, -0.1) is 17.7 Å². The number of pyridine rings is 2.